The monoisotopic (exact) mass is 190 g/mol. The Morgan fingerprint density at radius 1 is 1.07 bits per heavy atom. The molecule has 0 saturated carbocycles. The molecule has 74 valence electrons. The summed E-state index contributed by atoms with van der Waals surface area (Å²) < 4.78 is 0. The Labute approximate surface area is 83.6 Å². The van der Waals surface area contributed by atoms with Crippen molar-refractivity contribution in [3.05, 3.63) is 47.0 Å². The average molecular weight is 190 g/mol. The summed E-state index contributed by atoms with van der Waals surface area (Å²) in [5.41, 5.74) is 1.81. The first-order valence-corrected chi connectivity index (χ1v) is 4.96. The molecule has 2 aliphatic carbocycles. The Morgan fingerprint density at radius 3 is 2.64 bits per heavy atom. The molecular formula is C12H14O2. The van der Waals surface area contributed by atoms with Gasteiger partial charge in [0, 0.05) is 18.4 Å². The predicted octanol–water partition coefficient (Wildman–Crippen LogP) is 3.31. The van der Waals surface area contributed by atoms with Crippen molar-refractivity contribution in [1.82, 2.24) is 0 Å². The third kappa shape index (κ3) is 1.74. The Bertz CT molecular complexity index is 357. The molecule has 2 heteroatoms. The number of hydrogen-bond acceptors (Lipinski definition) is 2. The Balaban J connectivity index is 2.32. The summed E-state index contributed by atoms with van der Waals surface area (Å²) in [7, 11) is 0. The van der Waals surface area contributed by atoms with Crippen LogP contribution in [0.3, 0.4) is 0 Å². The van der Waals surface area contributed by atoms with Crippen molar-refractivity contribution in [3.63, 3.8) is 0 Å². The van der Waals surface area contributed by atoms with Gasteiger partial charge in [0.05, 0.1) is 5.76 Å². The van der Waals surface area contributed by atoms with Gasteiger partial charge in [-0.05, 0) is 24.5 Å². The van der Waals surface area contributed by atoms with Gasteiger partial charge in [-0.2, -0.15) is 0 Å². The van der Waals surface area contributed by atoms with Crippen molar-refractivity contribution in [1.29, 1.82) is 0 Å². The van der Waals surface area contributed by atoms with Crippen LogP contribution >= 0.6 is 0 Å². The van der Waals surface area contributed by atoms with Crippen LogP contribution < -0.4 is 0 Å². The van der Waals surface area contributed by atoms with Gasteiger partial charge in [-0.1, -0.05) is 18.2 Å². The fourth-order valence-electron chi connectivity index (χ4n) is 1.77. The van der Waals surface area contributed by atoms with Crippen molar-refractivity contribution in [2.75, 3.05) is 0 Å². The fourth-order valence-corrected chi connectivity index (χ4v) is 1.77. The quantitative estimate of drug-likeness (QED) is 0.666. The van der Waals surface area contributed by atoms with Crippen molar-refractivity contribution in [2.45, 2.75) is 25.7 Å². The molecule has 14 heavy (non-hydrogen) atoms. The van der Waals surface area contributed by atoms with Crippen LogP contribution in [0.5, 0.6) is 0 Å². The van der Waals surface area contributed by atoms with Crippen molar-refractivity contribution in [3.8, 4) is 0 Å². The molecule has 0 heterocycles. The number of rotatable bonds is 1. The standard InChI is InChI=1S/C12H14O2/c13-10-6-7-12(14)11(8-10)9-4-2-1-3-5-9/h2,4-5,8,13-14H,1,3,6-7H2. The Hall–Kier alpha value is -1.44. The molecule has 0 atom stereocenters. The van der Waals surface area contributed by atoms with Gasteiger partial charge < -0.3 is 10.2 Å². The van der Waals surface area contributed by atoms with E-state index in [9.17, 15) is 10.2 Å². The molecule has 0 aromatic heterocycles. The first kappa shape index (κ1) is 9.13. The maximum atomic E-state index is 9.69. The highest BCUT2D eigenvalue weighted by atomic mass is 16.3. The first-order valence-electron chi connectivity index (χ1n) is 4.96. The molecule has 0 radical (unpaired) electrons. The first-order chi connectivity index (χ1) is 6.77. The van der Waals surface area contributed by atoms with Gasteiger partial charge in [0.1, 0.15) is 5.76 Å². The summed E-state index contributed by atoms with van der Waals surface area (Å²) in [6.45, 7) is 0. The fraction of sp³-hybridized carbons (Fsp3) is 0.333. The van der Waals surface area contributed by atoms with E-state index in [4.69, 9.17) is 0 Å². The van der Waals surface area contributed by atoms with E-state index in [-0.39, 0.29) is 0 Å². The molecule has 0 amide bonds. The lowest BCUT2D eigenvalue weighted by Crippen LogP contribution is -2.01. The Morgan fingerprint density at radius 2 is 1.93 bits per heavy atom. The number of aliphatic hydroxyl groups is 2. The van der Waals surface area contributed by atoms with E-state index in [0.717, 1.165) is 24.0 Å². The predicted molar refractivity (Wildman–Crippen MR) is 56.1 cm³/mol. The van der Waals surface area contributed by atoms with Gasteiger partial charge >= 0.3 is 0 Å². The molecule has 2 aliphatic rings. The second-order valence-electron chi connectivity index (χ2n) is 3.64. The third-order valence-electron chi connectivity index (χ3n) is 2.55. The molecule has 0 saturated heterocycles. The topological polar surface area (TPSA) is 40.5 Å². The number of aliphatic hydroxyl groups excluding tert-OH is 2. The van der Waals surface area contributed by atoms with Gasteiger partial charge in [-0.3, -0.25) is 0 Å². The molecule has 0 aliphatic heterocycles. The van der Waals surface area contributed by atoms with E-state index in [1.165, 1.54) is 0 Å². The van der Waals surface area contributed by atoms with Gasteiger partial charge in [-0.15, -0.1) is 0 Å². The second-order valence-corrected chi connectivity index (χ2v) is 3.64. The van der Waals surface area contributed by atoms with Crippen molar-refractivity contribution < 1.29 is 10.2 Å². The highest BCUT2D eigenvalue weighted by Gasteiger charge is 2.14. The molecule has 0 aromatic rings. The molecular weight excluding hydrogens is 176 g/mol. The van der Waals surface area contributed by atoms with Crippen molar-refractivity contribution in [2.24, 2.45) is 0 Å². The van der Waals surface area contributed by atoms with Crippen LogP contribution in [-0.4, -0.2) is 10.2 Å². The zero-order valence-electron chi connectivity index (χ0n) is 8.03. The normalized spacial score (nSPS) is 22.0. The highest BCUT2D eigenvalue weighted by molar-refractivity contribution is 5.50. The van der Waals surface area contributed by atoms with E-state index >= 15 is 0 Å². The lowest BCUT2D eigenvalue weighted by Gasteiger charge is -2.15. The molecule has 2 rings (SSSR count). The van der Waals surface area contributed by atoms with Crippen LogP contribution in [-0.2, 0) is 0 Å². The molecule has 0 unspecified atom stereocenters. The lowest BCUT2D eigenvalue weighted by molar-refractivity contribution is 0.339. The molecule has 0 bridgehead atoms. The molecule has 0 aromatic carbocycles. The smallest absolute Gasteiger partial charge is 0.101 e. The number of allylic oxidation sites excluding steroid dienone is 8. The SMILES string of the molecule is OC1=CC(C2=CCCC=C2)=C(O)CC1. The van der Waals surface area contributed by atoms with Crippen LogP contribution in [0.4, 0.5) is 0 Å². The van der Waals surface area contributed by atoms with Gasteiger partial charge in [-0.25, -0.2) is 0 Å². The third-order valence-corrected chi connectivity index (χ3v) is 2.55. The lowest BCUT2D eigenvalue weighted by atomic mass is 9.93. The molecule has 2 nitrogen and oxygen atoms in total. The maximum Gasteiger partial charge on any atom is 0.101 e. The van der Waals surface area contributed by atoms with E-state index in [1.54, 1.807) is 6.08 Å². The largest absolute Gasteiger partial charge is 0.512 e. The van der Waals surface area contributed by atoms with Gasteiger partial charge in [0.2, 0.25) is 0 Å². The summed E-state index contributed by atoms with van der Waals surface area (Å²) in [6, 6.07) is 0. The van der Waals surface area contributed by atoms with Crippen LogP contribution in [0.25, 0.3) is 0 Å². The zero-order chi connectivity index (χ0) is 9.97. The minimum absolute atomic E-state index is 0.359. The van der Waals surface area contributed by atoms with Gasteiger partial charge in [0.25, 0.3) is 0 Å². The average Bonchev–Trinajstić information content (AvgIpc) is 2.23. The summed E-state index contributed by atoms with van der Waals surface area (Å²) >= 11 is 0. The molecule has 2 N–H and O–H groups in total. The van der Waals surface area contributed by atoms with Crippen LogP contribution in [0, 0.1) is 0 Å². The highest BCUT2D eigenvalue weighted by Crippen LogP contribution is 2.28. The summed E-state index contributed by atoms with van der Waals surface area (Å²) in [5, 5.41) is 19.1. The minimum atomic E-state index is 0.359. The van der Waals surface area contributed by atoms with E-state index < -0.39 is 0 Å². The molecule has 0 fully saturated rings. The zero-order valence-corrected chi connectivity index (χ0v) is 8.03. The van der Waals surface area contributed by atoms with Crippen LogP contribution in [0.2, 0.25) is 0 Å². The maximum absolute atomic E-state index is 9.69. The summed E-state index contributed by atoms with van der Waals surface area (Å²) in [4.78, 5) is 0. The van der Waals surface area contributed by atoms with Crippen molar-refractivity contribution >= 4 is 0 Å². The molecule has 0 spiro atoms. The van der Waals surface area contributed by atoms with Crippen LogP contribution in [0.1, 0.15) is 25.7 Å². The second kappa shape index (κ2) is 3.74. The van der Waals surface area contributed by atoms with Crippen LogP contribution in [0.15, 0.2) is 47.0 Å². The summed E-state index contributed by atoms with van der Waals surface area (Å²) in [6.07, 6.45) is 11.0. The Kier molecular flexibility index (Phi) is 2.44. The number of hydrogen-bond donors (Lipinski definition) is 2. The minimum Gasteiger partial charge on any atom is -0.512 e. The van der Waals surface area contributed by atoms with E-state index in [2.05, 4.69) is 12.2 Å². The van der Waals surface area contributed by atoms with E-state index in [0.29, 0.717) is 24.4 Å². The van der Waals surface area contributed by atoms with Gasteiger partial charge in [0.15, 0.2) is 0 Å². The summed E-state index contributed by atoms with van der Waals surface area (Å²) in [5.74, 6) is 0.748. The van der Waals surface area contributed by atoms with E-state index in [1.807, 2.05) is 6.08 Å².